The van der Waals surface area contributed by atoms with Crippen molar-refractivity contribution in [3.63, 3.8) is 0 Å². The zero-order chi connectivity index (χ0) is 18.3. The van der Waals surface area contributed by atoms with Crippen molar-refractivity contribution < 1.29 is 4.79 Å². The highest BCUT2D eigenvalue weighted by Crippen LogP contribution is 2.33. The second-order valence-corrected chi connectivity index (χ2v) is 7.43. The van der Waals surface area contributed by atoms with Gasteiger partial charge in [0.1, 0.15) is 12.1 Å². The Morgan fingerprint density at radius 1 is 1.19 bits per heavy atom. The van der Waals surface area contributed by atoms with E-state index >= 15 is 0 Å². The molecule has 6 heteroatoms. The van der Waals surface area contributed by atoms with Gasteiger partial charge in [-0.1, -0.05) is 12.1 Å². The van der Waals surface area contributed by atoms with Crippen LogP contribution in [0.5, 0.6) is 0 Å². The molecule has 0 aliphatic carbocycles. The number of hydrogen-bond acceptors (Lipinski definition) is 5. The van der Waals surface area contributed by atoms with E-state index in [9.17, 15) is 4.79 Å². The van der Waals surface area contributed by atoms with Crippen molar-refractivity contribution in [2.24, 2.45) is 0 Å². The minimum absolute atomic E-state index is 0.0692. The van der Waals surface area contributed by atoms with Crippen molar-refractivity contribution in [1.82, 2.24) is 14.9 Å². The van der Waals surface area contributed by atoms with Crippen molar-refractivity contribution in [2.45, 2.75) is 39.3 Å². The fourth-order valence-corrected chi connectivity index (χ4v) is 3.99. The van der Waals surface area contributed by atoms with E-state index in [1.54, 1.807) is 6.33 Å². The number of piperazine rings is 1. The molecule has 4 heterocycles. The molecule has 5 rings (SSSR count). The largest absolute Gasteiger partial charge is 0.353 e. The van der Waals surface area contributed by atoms with Crippen LogP contribution in [0.25, 0.3) is 0 Å². The number of aromatic nitrogens is 2. The van der Waals surface area contributed by atoms with Crippen molar-refractivity contribution in [3.05, 3.63) is 47.4 Å². The van der Waals surface area contributed by atoms with E-state index < -0.39 is 0 Å². The van der Waals surface area contributed by atoms with Gasteiger partial charge < -0.3 is 10.2 Å². The van der Waals surface area contributed by atoms with Crippen LogP contribution in [-0.2, 0) is 4.79 Å². The molecule has 2 bridgehead atoms. The predicted molar refractivity (Wildman–Crippen MR) is 102 cm³/mol. The molecule has 1 aromatic carbocycles. The van der Waals surface area contributed by atoms with Gasteiger partial charge in [0.05, 0.1) is 6.54 Å². The summed E-state index contributed by atoms with van der Waals surface area (Å²) in [4.78, 5) is 25.7. The summed E-state index contributed by atoms with van der Waals surface area (Å²) in [5.74, 6) is 1.06. The third-order valence-electron chi connectivity index (χ3n) is 5.66. The third kappa shape index (κ3) is 3.17. The quantitative estimate of drug-likeness (QED) is 0.916. The number of amides is 1. The fourth-order valence-electron chi connectivity index (χ4n) is 3.99. The molecular formula is C20H25N5O. The Labute approximate surface area is 154 Å². The van der Waals surface area contributed by atoms with E-state index in [1.807, 2.05) is 32.0 Å². The summed E-state index contributed by atoms with van der Waals surface area (Å²) < 4.78 is 0. The number of aryl methyl sites for hydroxylation is 2. The Hall–Kier alpha value is -2.47. The Bertz CT molecular complexity index is 825. The first kappa shape index (κ1) is 17.0. The summed E-state index contributed by atoms with van der Waals surface area (Å²) in [6, 6.07) is 8.90. The molecule has 2 unspecified atom stereocenters. The van der Waals surface area contributed by atoms with Gasteiger partial charge in [-0.25, -0.2) is 9.97 Å². The number of carbonyl (C=O) groups is 1. The first-order valence-corrected chi connectivity index (χ1v) is 9.16. The number of piperidine rings is 1. The van der Waals surface area contributed by atoms with Crippen LogP contribution in [0.4, 0.5) is 11.5 Å². The van der Waals surface area contributed by atoms with E-state index in [0.717, 1.165) is 42.3 Å². The highest BCUT2D eigenvalue weighted by atomic mass is 16.2. The van der Waals surface area contributed by atoms with Crippen LogP contribution in [0.3, 0.4) is 0 Å². The highest BCUT2D eigenvalue weighted by Gasteiger charge is 2.45. The van der Waals surface area contributed by atoms with Gasteiger partial charge >= 0.3 is 0 Å². The van der Waals surface area contributed by atoms with Crippen LogP contribution in [0.15, 0.2) is 30.6 Å². The second-order valence-electron chi connectivity index (χ2n) is 7.43. The summed E-state index contributed by atoms with van der Waals surface area (Å²) in [7, 11) is 0. The van der Waals surface area contributed by atoms with Crippen LogP contribution in [-0.4, -0.2) is 52.5 Å². The molecule has 136 valence electrons. The maximum Gasteiger partial charge on any atom is 0.238 e. The van der Waals surface area contributed by atoms with Gasteiger partial charge in [0.25, 0.3) is 0 Å². The Kier molecular flexibility index (Phi) is 4.36. The molecule has 2 aromatic rings. The van der Waals surface area contributed by atoms with Crippen LogP contribution < -0.4 is 10.2 Å². The first-order chi connectivity index (χ1) is 12.5. The lowest BCUT2D eigenvalue weighted by Crippen LogP contribution is -2.69. The number of carbonyl (C=O) groups excluding carboxylic acids is 1. The number of hydrogen-bond donors (Lipinski definition) is 1. The molecule has 3 aliphatic rings. The molecule has 1 N–H and O–H groups in total. The number of benzene rings is 1. The van der Waals surface area contributed by atoms with Gasteiger partial charge in [-0.3, -0.25) is 9.69 Å². The molecule has 3 fully saturated rings. The average molecular weight is 351 g/mol. The summed E-state index contributed by atoms with van der Waals surface area (Å²) in [6.07, 6.45) is 2.79. The maximum absolute atomic E-state index is 12.5. The van der Waals surface area contributed by atoms with Gasteiger partial charge in [0, 0.05) is 42.6 Å². The molecule has 1 amide bonds. The van der Waals surface area contributed by atoms with Crippen LogP contribution in [0.1, 0.15) is 23.2 Å². The first-order valence-electron chi connectivity index (χ1n) is 9.16. The second kappa shape index (κ2) is 6.68. The number of nitrogens with one attached hydrogen (secondary N) is 1. The van der Waals surface area contributed by atoms with Crippen LogP contribution >= 0.6 is 0 Å². The molecular weight excluding hydrogens is 326 g/mol. The standard InChI is InChI=1S/C20H25N5O/c1-13-5-4-6-18(15(13)3)23-20(26)11-25-16-8-17(25)10-24(9-16)19-7-14(2)21-12-22-19/h4-7,12,16-17H,8-11H2,1-3H3,(H,23,26). The van der Waals surface area contributed by atoms with E-state index in [0.29, 0.717) is 18.6 Å². The smallest absolute Gasteiger partial charge is 0.238 e. The number of rotatable bonds is 4. The summed E-state index contributed by atoms with van der Waals surface area (Å²) in [6.45, 7) is 8.39. The number of fused-ring (bicyclic) bond motifs is 2. The van der Waals surface area contributed by atoms with Crippen molar-refractivity contribution in [2.75, 3.05) is 29.9 Å². The van der Waals surface area contributed by atoms with Crippen LogP contribution in [0.2, 0.25) is 0 Å². The van der Waals surface area contributed by atoms with Crippen molar-refractivity contribution in [1.29, 1.82) is 0 Å². The maximum atomic E-state index is 12.5. The molecule has 6 nitrogen and oxygen atoms in total. The lowest BCUT2D eigenvalue weighted by molar-refractivity contribution is -0.121. The van der Waals surface area contributed by atoms with E-state index in [4.69, 9.17) is 0 Å². The fraction of sp³-hybridized carbons (Fsp3) is 0.450. The van der Waals surface area contributed by atoms with Gasteiger partial charge in [-0.05, 0) is 44.4 Å². The van der Waals surface area contributed by atoms with E-state index in [-0.39, 0.29) is 5.91 Å². The van der Waals surface area contributed by atoms with Crippen LogP contribution in [0, 0.1) is 20.8 Å². The average Bonchev–Trinajstić information content (AvgIpc) is 2.63. The molecule has 3 saturated heterocycles. The summed E-state index contributed by atoms with van der Waals surface area (Å²) in [5.41, 5.74) is 4.23. The lowest BCUT2D eigenvalue weighted by atomic mass is 9.87. The SMILES string of the molecule is Cc1cc(N2CC3CC(C2)N3CC(=O)Nc2cccc(C)c2C)ncn1. The van der Waals surface area contributed by atoms with Gasteiger partial charge in [0.15, 0.2) is 0 Å². The molecule has 0 saturated carbocycles. The molecule has 26 heavy (non-hydrogen) atoms. The molecule has 1 aromatic heterocycles. The van der Waals surface area contributed by atoms with Crippen molar-refractivity contribution >= 4 is 17.4 Å². The normalized spacial score (nSPS) is 22.0. The van der Waals surface area contributed by atoms with Crippen molar-refractivity contribution in [3.8, 4) is 0 Å². The van der Waals surface area contributed by atoms with Gasteiger partial charge in [-0.15, -0.1) is 0 Å². The molecule has 2 atom stereocenters. The predicted octanol–water partition coefficient (Wildman–Crippen LogP) is 2.30. The Balaban J connectivity index is 1.36. The highest BCUT2D eigenvalue weighted by molar-refractivity contribution is 5.93. The molecule has 3 aliphatic heterocycles. The minimum atomic E-state index is 0.0692. The Morgan fingerprint density at radius 3 is 2.69 bits per heavy atom. The van der Waals surface area contributed by atoms with Gasteiger partial charge in [-0.2, -0.15) is 0 Å². The molecule has 0 radical (unpaired) electrons. The summed E-state index contributed by atoms with van der Waals surface area (Å²) in [5, 5.41) is 3.07. The summed E-state index contributed by atoms with van der Waals surface area (Å²) >= 11 is 0. The van der Waals surface area contributed by atoms with Gasteiger partial charge in [0.2, 0.25) is 5.91 Å². The molecule has 0 spiro atoms. The topological polar surface area (TPSA) is 61.4 Å². The number of anilines is 2. The zero-order valence-corrected chi connectivity index (χ0v) is 15.6. The Morgan fingerprint density at radius 2 is 1.96 bits per heavy atom. The lowest BCUT2D eigenvalue weighted by Gasteiger charge is -2.56. The minimum Gasteiger partial charge on any atom is -0.353 e. The van der Waals surface area contributed by atoms with E-state index in [1.165, 1.54) is 5.56 Å². The zero-order valence-electron chi connectivity index (χ0n) is 15.6. The number of nitrogens with zero attached hydrogens (tertiary/aromatic N) is 4. The monoisotopic (exact) mass is 351 g/mol. The third-order valence-corrected chi connectivity index (χ3v) is 5.66. The van der Waals surface area contributed by atoms with E-state index in [2.05, 4.69) is 38.1 Å².